The molecule has 1 aromatic rings. The van der Waals surface area contributed by atoms with Crippen molar-refractivity contribution in [3.63, 3.8) is 0 Å². The maximum Gasteiger partial charge on any atom is 0.389 e. The van der Waals surface area contributed by atoms with Gasteiger partial charge in [0.15, 0.2) is 11.5 Å². The van der Waals surface area contributed by atoms with Crippen LogP contribution in [0.3, 0.4) is 0 Å². The Bertz CT molecular complexity index is 436. The third-order valence-corrected chi connectivity index (χ3v) is 4.16. The minimum absolute atomic E-state index is 0.0441. The molecule has 0 aliphatic heterocycles. The topological polar surface area (TPSA) is 18.5 Å². The zero-order valence-electron chi connectivity index (χ0n) is 10.4. The van der Waals surface area contributed by atoms with Crippen molar-refractivity contribution in [3.8, 4) is 11.5 Å². The third kappa shape index (κ3) is 4.87. The molecule has 1 unspecified atom stereocenters. The summed E-state index contributed by atoms with van der Waals surface area (Å²) in [4.78, 5) is -0.414. The largest absolute Gasteiger partial charge is 0.493 e. The Morgan fingerprint density at radius 1 is 1.16 bits per heavy atom. The Kier molecular flexibility index (Phi) is 5.98. The monoisotopic (exact) mass is 404 g/mol. The van der Waals surface area contributed by atoms with Crippen molar-refractivity contribution >= 4 is 31.9 Å². The first-order chi connectivity index (χ1) is 8.78. The second-order valence-electron chi connectivity index (χ2n) is 3.85. The molecule has 1 aromatic carbocycles. The third-order valence-electron chi connectivity index (χ3n) is 2.52. The predicted molar refractivity (Wildman–Crippen MR) is 74.2 cm³/mol. The molecule has 0 amide bonds. The average Bonchev–Trinajstić information content (AvgIpc) is 2.34. The van der Waals surface area contributed by atoms with Crippen molar-refractivity contribution in [1.82, 2.24) is 0 Å². The second kappa shape index (κ2) is 6.83. The van der Waals surface area contributed by atoms with E-state index in [2.05, 4.69) is 31.9 Å². The normalized spacial score (nSPS) is 13.2. The molecule has 1 rings (SSSR count). The van der Waals surface area contributed by atoms with Crippen LogP contribution in [0.5, 0.6) is 11.5 Å². The van der Waals surface area contributed by atoms with Gasteiger partial charge in [0, 0.05) is 15.7 Å². The Morgan fingerprint density at radius 2 is 1.68 bits per heavy atom. The van der Waals surface area contributed by atoms with E-state index in [9.17, 15) is 13.2 Å². The van der Waals surface area contributed by atoms with Crippen LogP contribution in [-0.4, -0.2) is 20.4 Å². The Hall–Kier alpha value is -0.430. The quantitative estimate of drug-likeness (QED) is 0.623. The molecule has 19 heavy (non-hydrogen) atoms. The summed E-state index contributed by atoms with van der Waals surface area (Å²) in [5.41, 5.74) is 0.696. The van der Waals surface area contributed by atoms with Gasteiger partial charge in [0.05, 0.1) is 14.2 Å². The number of alkyl halides is 4. The Morgan fingerprint density at radius 3 is 2.16 bits per heavy atom. The first kappa shape index (κ1) is 16.6. The first-order valence-electron chi connectivity index (χ1n) is 5.40. The summed E-state index contributed by atoms with van der Waals surface area (Å²) in [6.45, 7) is 0. The molecule has 0 N–H and O–H groups in total. The fourth-order valence-corrected chi connectivity index (χ4v) is 3.07. The van der Waals surface area contributed by atoms with Gasteiger partial charge < -0.3 is 9.47 Å². The number of benzene rings is 1. The molecule has 7 heteroatoms. The molecular weight excluding hydrogens is 393 g/mol. The molecule has 0 aromatic heterocycles. The Labute approximate surface area is 126 Å². The lowest BCUT2D eigenvalue weighted by Gasteiger charge is -2.16. The van der Waals surface area contributed by atoms with Crippen LogP contribution < -0.4 is 9.47 Å². The average molecular weight is 406 g/mol. The van der Waals surface area contributed by atoms with Crippen LogP contribution in [0.25, 0.3) is 0 Å². The summed E-state index contributed by atoms with van der Waals surface area (Å²) >= 11 is 6.60. The first-order valence-corrected chi connectivity index (χ1v) is 7.11. The van der Waals surface area contributed by atoms with Gasteiger partial charge in [-0.1, -0.05) is 31.9 Å². The summed E-state index contributed by atoms with van der Waals surface area (Å²) in [6, 6.07) is 3.34. The maximum absolute atomic E-state index is 12.2. The second-order valence-corrected chi connectivity index (χ2v) is 5.81. The van der Waals surface area contributed by atoms with Crippen LogP contribution in [0.15, 0.2) is 16.6 Å². The smallest absolute Gasteiger partial charge is 0.389 e. The molecule has 0 heterocycles. The number of halogens is 5. The number of hydrogen-bond acceptors (Lipinski definition) is 2. The van der Waals surface area contributed by atoms with Gasteiger partial charge in [-0.2, -0.15) is 13.2 Å². The molecule has 0 saturated carbocycles. The SMILES string of the molecule is COc1cc(Br)c(C(Br)CCC(F)(F)F)cc1OC. The molecule has 0 saturated heterocycles. The number of hydrogen-bond donors (Lipinski definition) is 0. The maximum atomic E-state index is 12.2. The summed E-state index contributed by atoms with van der Waals surface area (Å²) < 4.78 is 47.6. The highest BCUT2D eigenvalue weighted by molar-refractivity contribution is 9.11. The lowest BCUT2D eigenvalue weighted by Crippen LogP contribution is -2.08. The van der Waals surface area contributed by atoms with Crippen LogP contribution in [-0.2, 0) is 0 Å². The minimum Gasteiger partial charge on any atom is -0.493 e. The highest BCUT2D eigenvalue weighted by Gasteiger charge is 2.28. The van der Waals surface area contributed by atoms with E-state index in [0.29, 0.717) is 21.5 Å². The molecule has 0 fully saturated rings. The molecule has 0 aliphatic rings. The van der Waals surface area contributed by atoms with E-state index >= 15 is 0 Å². The van der Waals surface area contributed by atoms with Crippen LogP contribution in [0, 0.1) is 0 Å². The van der Waals surface area contributed by atoms with Crippen molar-refractivity contribution in [1.29, 1.82) is 0 Å². The van der Waals surface area contributed by atoms with E-state index in [0.717, 1.165) is 0 Å². The lowest BCUT2D eigenvalue weighted by atomic mass is 10.1. The summed E-state index contributed by atoms with van der Waals surface area (Å²) in [5.74, 6) is 1.01. The van der Waals surface area contributed by atoms with E-state index in [4.69, 9.17) is 9.47 Å². The number of ether oxygens (including phenoxy) is 2. The van der Waals surface area contributed by atoms with Crippen molar-refractivity contribution in [2.75, 3.05) is 14.2 Å². The molecule has 0 radical (unpaired) electrons. The van der Waals surface area contributed by atoms with Crippen LogP contribution in [0.4, 0.5) is 13.2 Å². The predicted octanol–water partition coefficient (Wildman–Crippen LogP) is 5.24. The fraction of sp³-hybridized carbons (Fsp3) is 0.500. The van der Waals surface area contributed by atoms with E-state index in [1.54, 1.807) is 12.1 Å². The van der Waals surface area contributed by atoms with Gasteiger partial charge in [0.2, 0.25) is 0 Å². The van der Waals surface area contributed by atoms with E-state index in [1.165, 1.54) is 14.2 Å². The van der Waals surface area contributed by atoms with Gasteiger partial charge in [-0.25, -0.2) is 0 Å². The standard InChI is InChI=1S/C12H13Br2F3O2/c1-18-10-5-7(9(14)6-11(10)19-2)8(13)3-4-12(15,16)17/h5-6,8H,3-4H2,1-2H3. The summed E-state index contributed by atoms with van der Waals surface area (Å²) in [7, 11) is 2.98. The van der Waals surface area contributed by atoms with Gasteiger partial charge in [-0.05, 0) is 24.1 Å². The molecule has 1 atom stereocenters. The number of methoxy groups -OCH3 is 2. The zero-order valence-corrected chi connectivity index (χ0v) is 13.5. The van der Waals surface area contributed by atoms with E-state index in [-0.39, 0.29) is 6.42 Å². The highest BCUT2D eigenvalue weighted by Crippen LogP contribution is 2.41. The van der Waals surface area contributed by atoms with Crippen LogP contribution in [0.2, 0.25) is 0 Å². The summed E-state index contributed by atoms with van der Waals surface area (Å²) in [5, 5.41) is 0. The van der Waals surface area contributed by atoms with E-state index < -0.39 is 17.4 Å². The molecule has 0 spiro atoms. The molecule has 2 nitrogen and oxygen atoms in total. The van der Waals surface area contributed by atoms with Crippen molar-refractivity contribution < 1.29 is 22.6 Å². The van der Waals surface area contributed by atoms with Gasteiger partial charge in [0.1, 0.15) is 0 Å². The molecule has 108 valence electrons. The molecule has 0 aliphatic carbocycles. The molecular formula is C12H13Br2F3O2. The Balaban J connectivity index is 2.93. The molecule has 0 bridgehead atoms. The highest BCUT2D eigenvalue weighted by atomic mass is 79.9. The van der Waals surface area contributed by atoms with Gasteiger partial charge in [-0.3, -0.25) is 0 Å². The van der Waals surface area contributed by atoms with E-state index in [1.807, 2.05) is 0 Å². The van der Waals surface area contributed by atoms with Crippen molar-refractivity contribution in [3.05, 3.63) is 22.2 Å². The fourth-order valence-electron chi connectivity index (χ4n) is 1.56. The van der Waals surface area contributed by atoms with Crippen LogP contribution in [0.1, 0.15) is 23.2 Å². The van der Waals surface area contributed by atoms with Crippen molar-refractivity contribution in [2.45, 2.75) is 23.8 Å². The van der Waals surface area contributed by atoms with Gasteiger partial charge >= 0.3 is 6.18 Å². The minimum atomic E-state index is -4.16. The summed E-state index contributed by atoms with van der Waals surface area (Å²) in [6.07, 6.45) is -5.05. The van der Waals surface area contributed by atoms with Gasteiger partial charge in [-0.15, -0.1) is 0 Å². The number of rotatable bonds is 5. The lowest BCUT2D eigenvalue weighted by molar-refractivity contribution is -0.135. The van der Waals surface area contributed by atoms with Crippen LogP contribution >= 0.6 is 31.9 Å². The van der Waals surface area contributed by atoms with Crippen molar-refractivity contribution in [2.24, 2.45) is 0 Å². The zero-order chi connectivity index (χ0) is 14.6. The van der Waals surface area contributed by atoms with Gasteiger partial charge in [0.25, 0.3) is 0 Å².